The van der Waals surface area contributed by atoms with Gasteiger partial charge in [0.1, 0.15) is 12.2 Å². The van der Waals surface area contributed by atoms with Crippen LogP contribution >= 0.6 is 0 Å². The zero-order valence-corrected chi connectivity index (χ0v) is 12.8. The van der Waals surface area contributed by atoms with Gasteiger partial charge >= 0.3 is 0 Å². The summed E-state index contributed by atoms with van der Waals surface area (Å²) in [4.78, 5) is 6.73. The number of rotatable bonds is 3. The summed E-state index contributed by atoms with van der Waals surface area (Å²) in [5, 5.41) is 17.4. The fourth-order valence-corrected chi connectivity index (χ4v) is 3.15. The van der Waals surface area contributed by atoms with Gasteiger partial charge in [-0.2, -0.15) is 15.3 Å². The summed E-state index contributed by atoms with van der Waals surface area (Å²) in [7, 11) is 0. The summed E-state index contributed by atoms with van der Waals surface area (Å²) in [6, 6.07) is 3.95. The van der Waals surface area contributed by atoms with Crippen LogP contribution in [-0.2, 0) is 24.4 Å². The lowest BCUT2D eigenvalue weighted by atomic mass is 10.2. The molecule has 2 aliphatic heterocycles. The molecule has 1 fully saturated rings. The second-order valence-electron chi connectivity index (χ2n) is 5.97. The van der Waals surface area contributed by atoms with Gasteiger partial charge in [-0.1, -0.05) is 5.16 Å². The molecule has 4 rings (SSSR count). The van der Waals surface area contributed by atoms with Crippen LogP contribution in [0.25, 0.3) is 0 Å². The number of hydrogen-bond donors (Lipinski definition) is 0. The minimum atomic E-state index is -0.0417. The van der Waals surface area contributed by atoms with Crippen molar-refractivity contribution in [2.45, 2.75) is 45.0 Å². The molecule has 0 saturated carbocycles. The number of nitriles is 1. The number of fused-ring (bicyclic) bond motifs is 1. The SMILES string of the molecule is N#Cc1cc2n(n1)CCCN(Cc1noc(C3CCCO3)n1)C2. The topological polar surface area (TPSA) is 93.0 Å². The van der Waals surface area contributed by atoms with Gasteiger partial charge in [-0.15, -0.1) is 0 Å². The average Bonchev–Trinajstić information content (AvgIpc) is 3.26. The van der Waals surface area contributed by atoms with Crippen molar-refractivity contribution in [2.24, 2.45) is 0 Å². The Morgan fingerprint density at radius 3 is 3.13 bits per heavy atom. The molecule has 2 aromatic rings. The van der Waals surface area contributed by atoms with E-state index in [-0.39, 0.29) is 6.10 Å². The second kappa shape index (κ2) is 6.10. The Morgan fingerprint density at radius 1 is 1.35 bits per heavy atom. The van der Waals surface area contributed by atoms with E-state index in [1.807, 2.05) is 10.7 Å². The Balaban J connectivity index is 1.45. The van der Waals surface area contributed by atoms with Crippen molar-refractivity contribution in [3.8, 4) is 6.07 Å². The third-order valence-corrected chi connectivity index (χ3v) is 4.26. The standard InChI is InChI=1S/C15H18N6O2/c16-8-11-7-12-9-20(4-2-5-21(12)18-11)10-14-17-15(23-19-14)13-3-1-6-22-13/h7,13H,1-6,9-10H2. The maximum Gasteiger partial charge on any atom is 0.255 e. The molecular weight excluding hydrogens is 296 g/mol. The third kappa shape index (κ3) is 2.98. The zero-order chi connectivity index (χ0) is 15.6. The third-order valence-electron chi connectivity index (χ3n) is 4.26. The molecule has 1 unspecified atom stereocenters. The van der Waals surface area contributed by atoms with Crippen LogP contribution in [0.4, 0.5) is 0 Å². The lowest BCUT2D eigenvalue weighted by molar-refractivity contribution is 0.0835. The van der Waals surface area contributed by atoms with Crippen molar-refractivity contribution in [3.05, 3.63) is 29.2 Å². The summed E-state index contributed by atoms with van der Waals surface area (Å²) < 4.78 is 12.8. The van der Waals surface area contributed by atoms with Crippen LogP contribution < -0.4 is 0 Å². The van der Waals surface area contributed by atoms with E-state index in [1.165, 1.54) is 0 Å². The minimum Gasteiger partial charge on any atom is -0.368 e. The fourth-order valence-electron chi connectivity index (χ4n) is 3.15. The smallest absolute Gasteiger partial charge is 0.255 e. The normalized spacial score (nSPS) is 21.8. The van der Waals surface area contributed by atoms with Gasteiger partial charge < -0.3 is 9.26 Å². The molecule has 0 N–H and O–H groups in total. The van der Waals surface area contributed by atoms with Crippen molar-refractivity contribution in [2.75, 3.05) is 13.2 Å². The molecular formula is C15H18N6O2. The van der Waals surface area contributed by atoms with E-state index in [2.05, 4.69) is 26.2 Å². The van der Waals surface area contributed by atoms with Gasteiger partial charge in [0.25, 0.3) is 5.89 Å². The van der Waals surface area contributed by atoms with Gasteiger partial charge in [0, 0.05) is 26.2 Å². The minimum absolute atomic E-state index is 0.0417. The van der Waals surface area contributed by atoms with Crippen LogP contribution in [0.3, 0.4) is 0 Å². The number of aryl methyl sites for hydroxylation is 1. The molecule has 0 aliphatic carbocycles. The van der Waals surface area contributed by atoms with Crippen LogP contribution in [0.1, 0.15) is 48.5 Å². The summed E-state index contributed by atoms with van der Waals surface area (Å²) >= 11 is 0. The maximum absolute atomic E-state index is 8.98. The number of hydrogen-bond acceptors (Lipinski definition) is 7. The predicted octanol–water partition coefficient (Wildman–Crippen LogP) is 1.40. The molecule has 0 amide bonds. The van der Waals surface area contributed by atoms with E-state index in [9.17, 15) is 0 Å². The Bertz CT molecular complexity index is 725. The molecule has 8 heteroatoms. The zero-order valence-electron chi connectivity index (χ0n) is 12.8. The molecule has 23 heavy (non-hydrogen) atoms. The van der Waals surface area contributed by atoms with E-state index >= 15 is 0 Å². The van der Waals surface area contributed by atoms with Gasteiger partial charge in [-0.05, 0) is 25.3 Å². The van der Waals surface area contributed by atoms with Crippen molar-refractivity contribution >= 4 is 0 Å². The molecule has 1 atom stereocenters. The summed E-state index contributed by atoms with van der Waals surface area (Å²) in [6.45, 7) is 3.90. The van der Waals surface area contributed by atoms with E-state index in [0.717, 1.165) is 51.2 Å². The first-order valence-electron chi connectivity index (χ1n) is 7.95. The van der Waals surface area contributed by atoms with Gasteiger partial charge in [0.2, 0.25) is 0 Å². The van der Waals surface area contributed by atoms with E-state index in [1.54, 1.807) is 0 Å². The average molecular weight is 314 g/mol. The van der Waals surface area contributed by atoms with Crippen LogP contribution in [0.2, 0.25) is 0 Å². The highest BCUT2D eigenvalue weighted by molar-refractivity contribution is 5.22. The van der Waals surface area contributed by atoms with Crippen LogP contribution in [0.5, 0.6) is 0 Å². The highest BCUT2D eigenvalue weighted by Gasteiger charge is 2.25. The van der Waals surface area contributed by atoms with Crippen LogP contribution in [-0.4, -0.2) is 38.0 Å². The number of ether oxygens (including phenoxy) is 1. The largest absolute Gasteiger partial charge is 0.368 e. The van der Waals surface area contributed by atoms with Crippen molar-refractivity contribution in [3.63, 3.8) is 0 Å². The lowest BCUT2D eigenvalue weighted by Crippen LogP contribution is -2.23. The van der Waals surface area contributed by atoms with Gasteiger partial charge in [-0.25, -0.2) is 0 Å². The monoisotopic (exact) mass is 314 g/mol. The highest BCUT2D eigenvalue weighted by atomic mass is 16.5. The van der Waals surface area contributed by atoms with Gasteiger partial charge in [0.05, 0.1) is 12.2 Å². The molecule has 120 valence electrons. The molecule has 0 aromatic carbocycles. The number of aromatic nitrogens is 4. The first kappa shape index (κ1) is 14.4. The molecule has 8 nitrogen and oxygen atoms in total. The second-order valence-corrected chi connectivity index (χ2v) is 5.97. The van der Waals surface area contributed by atoms with E-state index in [0.29, 0.717) is 24.0 Å². The van der Waals surface area contributed by atoms with E-state index in [4.69, 9.17) is 14.5 Å². The molecule has 2 aliphatic rings. The van der Waals surface area contributed by atoms with Gasteiger partial charge in [0.15, 0.2) is 11.5 Å². The molecule has 2 aromatic heterocycles. The molecule has 0 radical (unpaired) electrons. The Labute approximate surface area is 133 Å². The van der Waals surface area contributed by atoms with Crippen LogP contribution in [0.15, 0.2) is 10.6 Å². The Hall–Kier alpha value is -2.24. The fraction of sp³-hybridized carbons (Fsp3) is 0.600. The molecule has 0 bridgehead atoms. The maximum atomic E-state index is 8.98. The number of nitrogens with zero attached hydrogens (tertiary/aromatic N) is 6. The van der Waals surface area contributed by atoms with Gasteiger partial charge in [-0.3, -0.25) is 9.58 Å². The van der Waals surface area contributed by atoms with Crippen LogP contribution in [0, 0.1) is 11.3 Å². The summed E-state index contributed by atoms with van der Waals surface area (Å²) in [6.07, 6.45) is 2.93. The van der Waals surface area contributed by atoms with Crippen molar-refractivity contribution in [1.29, 1.82) is 5.26 Å². The lowest BCUT2D eigenvalue weighted by Gasteiger charge is -2.16. The van der Waals surface area contributed by atoms with Crippen molar-refractivity contribution in [1.82, 2.24) is 24.8 Å². The Kier molecular flexibility index (Phi) is 3.81. The molecule has 1 saturated heterocycles. The quantitative estimate of drug-likeness (QED) is 0.845. The first-order chi connectivity index (χ1) is 11.3. The highest BCUT2D eigenvalue weighted by Crippen LogP contribution is 2.27. The molecule has 4 heterocycles. The Morgan fingerprint density at radius 2 is 2.30 bits per heavy atom. The first-order valence-corrected chi connectivity index (χ1v) is 7.95. The van der Waals surface area contributed by atoms with Crippen molar-refractivity contribution < 1.29 is 9.26 Å². The molecule has 0 spiro atoms. The predicted molar refractivity (Wildman–Crippen MR) is 77.9 cm³/mol. The van der Waals surface area contributed by atoms with E-state index < -0.39 is 0 Å². The summed E-state index contributed by atoms with van der Waals surface area (Å²) in [5.41, 5.74) is 1.53. The summed E-state index contributed by atoms with van der Waals surface area (Å²) in [5.74, 6) is 1.27.